The highest BCUT2D eigenvalue weighted by atomic mass is 19.3. The topological polar surface area (TPSA) is 57.8 Å². The largest absolute Gasteiger partial charge is 0.350 e. The van der Waals surface area contributed by atoms with Crippen LogP contribution in [0.5, 0.6) is 0 Å². The summed E-state index contributed by atoms with van der Waals surface area (Å²) in [6, 6.07) is 1.76. The van der Waals surface area contributed by atoms with Crippen molar-refractivity contribution in [2.45, 2.75) is 38.2 Å². The van der Waals surface area contributed by atoms with Gasteiger partial charge in [0.25, 0.3) is 0 Å². The minimum absolute atomic E-state index is 0.143. The molecule has 17 heavy (non-hydrogen) atoms. The monoisotopic (exact) mass is 243 g/mol. The fourth-order valence-electron chi connectivity index (χ4n) is 2.01. The van der Waals surface area contributed by atoms with Crippen molar-refractivity contribution in [3.05, 3.63) is 18.0 Å². The summed E-state index contributed by atoms with van der Waals surface area (Å²) in [5.74, 6) is -3.01. The SMILES string of the molecule is O=C(NCc1ccn[nH]1)C1CCC(F)(F)CC1. The molecule has 6 heteroatoms. The van der Waals surface area contributed by atoms with E-state index in [9.17, 15) is 13.6 Å². The maximum atomic E-state index is 12.9. The number of carbonyl (C=O) groups is 1. The molecule has 0 radical (unpaired) electrons. The number of halogens is 2. The van der Waals surface area contributed by atoms with E-state index in [1.807, 2.05) is 0 Å². The molecule has 94 valence electrons. The molecule has 1 saturated carbocycles. The standard InChI is InChI=1S/C11H15F2N3O/c12-11(13)4-1-8(2-5-11)10(17)14-7-9-3-6-15-16-9/h3,6,8H,1-2,4-5,7H2,(H,14,17)(H,15,16). The van der Waals surface area contributed by atoms with Crippen molar-refractivity contribution in [3.63, 3.8) is 0 Å². The van der Waals surface area contributed by atoms with Gasteiger partial charge in [-0.05, 0) is 18.9 Å². The van der Waals surface area contributed by atoms with E-state index in [1.54, 1.807) is 12.3 Å². The van der Waals surface area contributed by atoms with E-state index < -0.39 is 5.92 Å². The number of nitrogens with one attached hydrogen (secondary N) is 2. The third kappa shape index (κ3) is 3.25. The molecule has 1 aliphatic carbocycles. The van der Waals surface area contributed by atoms with Crippen molar-refractivity contribution >= 4 is 5.91 Å². The number of aromatic amines is 1. The summed E-state index contributed by atoms with van der Waals surface area (Å²) in [6.45, 7) is 0.367. The average Bonchev–Trinajstić information content (AvgIpc) is 2.78. The normalized spacial score (nSPS) is 20.1. The number of alkyl halides is 2. The lowest BCUT2D eigenvalue weighted by Gasteiger charge is -2.27. The predicted molar refractivity (Wildman–Crippen MR) is 57.3 cm³/mol. The molecule has 0 aliphatic heterocycles. The van der Waals surface area contributed by atoms with Gasteiger partial charge in [-0.1, -0.05) is 0 Å². The Bertz CT molecular complexity index is 368. The lowest BCUT2D eigenvalue weighted by atomic mass is 9.86. The molecule has 0 unspecified atom stereocenters. The van der Waals surface area contributed by atoms with Gasteiger partial charge in [-0.2, -0.15) is 5.10 Å². The van der Waals surface area contributed by atoms with Crippen molar-refractivity contribution in [1.82, 2.24) is 15.5 Å². The summed E-state index contributed by atoms with van der Waals surface area (Å²) in [7, 11) is 0. The molecule has 0 spiro atoms. The lowest BCUT2D eigenvalue weighted by molar-refractivity contribution is -0.129. The van der Waals surface area contributed by atoms with Crippen LogP contribution in [0.4, 0.5) is 8.78 Å². The van der Waals surface area contributed by atoms with E-state index in [4.69, 9.17) is 0 Å². The van der Waals surface area contributed by atoms with Crippen LogP contribution in [-0.4, -0.2) is 22.0 Å². The number of carbonyl (C=O) groups excluding carboxylic acids is 1. The quantitative estimate of drug-likeness (QED) is 0.851. The zero-order valence-electron chi connectivity index (χ0n) is 9.38. The lowest BCUT2D eigenvalue weighted by Crippen LogP contribution is -2.35. The minimum Gasteiger partial charge on any atom is -0.350 e. The molecule has 1 amide bonds. The first-order chi connectivity index (χ1) is 8.07. The summed E-state index contributed by atoms with van der Waals surface area (Å²) in [4.78, 5) is 11.7. The van der Waals surface area contributed by atoms with Gasteiger partial charge in [0, 0.05) is 25.0 Å². The summed E-state index contributed by atoms with van der Waals surface area (Å²) in [5, 5.41) is 9.21. The van der Waals surface area contributed by atoms with Gasteiger partial charge in [0.15, 0.2) is 0 Å². The highest BCUT2D eigenvalue weighted by Crippen LogP contribution is 2.36. The molecule has 0 saturated heterocycles. The third-order valence-corrected chi connectivity index (χ3v) is 3.10. The summed E-state index contributed by atoms with van der Waals surface area (Å²) >= 11 is 0. The van der Waals surface area contributed by atoms with Crippen molar-refractivity contribution in [2.24, 2.45) is 5.92 Å². The van der Waals surface area contributed by atoms with E-state index in [-0.39, 0.29) is 37.5 Å². The molecule has 2 N–H and O–H groups in total. The molecule has 1 fully saturated rings. The molecule has 0 bridgehead atoms. The van der Waals surface area contributed by atoms with Crippen LogP contribution >= 0.6 is 0 Å². The molecule has 0 aromatic carbocycles. The van der Waals surface area contributed by atoms with E-state index in [2.05, 4.69) is 15.5 Å². The van der Waals surface area contributed by atoms with Crippen LogP contribution in [0.1, 0.15) is 31.4 Å². The molecular formula is C11H15F2N3O. The predicted octanol–water partition coefficient (Wildman–Crippen LogP) is 1.85. The van der Waals surface area contributed by atoms with Gasteiger partial charge in [-0.25, -0.2) is 8.78 Å². The van der Waals surface area contributed by atoms with Gasteiger partial charge in [0.1, 0.15) is 0 Å². The zero-order chi connectivity index (χ0) is 12.3. The highest BCUT2D eigenvalue weighted by molar-refractivity contribution is 5.78. The van der Waals surface area contributed by atoms with Crippen molar-refractivity contribution in [1.29, 1.82) is 0 Å². The minimum atomic E-state index is -2.58. The van der Waals surface area contributed by atoms with Crippen LogP contribution in [0.25, 0.3) is 0 Å². The molecule has 1 aromatic heterocycles. The van der Waals surface area contributed by atoms with Crippen LogP contribution in [0.3, 0.4) is 0 Å². The number of hydrogen-bond acceptors (Lipinski definition) is 2. The summed E-state index contributed by atoms with van der Waals surface area (Å²) in [5.41, 5.74) is 0.805. The first-order valence-electron chi connectivity index (χ1n) is 5.71. The number of nitrogens with zero attached hydrogens (tertiary/aromatic N) is 1. The number of amides is 1. The average molecular weight is 243 g/mol. The molecule has 2 rings (SSSR count). The Morgan fingerprint density at radius 2 is 2.24 bits per heavy atom. The Morgan fingerprint density at radius 3 is 2.82 bits per heavy atom. The van der Waals surface area contributed by atoms with Crippen LogP contribution in [0, 0.1) is 5.92 Å². The fourth-order valence-corrected chi connectivity index (χ4v) is 2.01. The molecule has 1 aromatic rings. The second-order valence-electron chi connectivity index (χ2n) is 4.43. The molecular weight excluding hydrogens is 228 g/mol. The van der Waals surface area contributed by atoms with E-state index >= 15 is 0 Å². The first kappa shape index (κ1) is 12.0. The first-order valence-corrected chi connectivity index (χ1v) is 5.71. The Balaban J connectivity index is 1.77. The third-order valence-electron chi connectivity index (χ3n) is 3.10. The van der Waals surface area contributed by atoms with Crippen LogP contribution in [0.15, 0.2) is 12.3 Å². The second kappa shape index (κ2) is 4.81. The second-order valence-corrected chi connectivity index (χ2v) is 4.43. The number of rotatable bonds is 3. The summed E-state index contributed by atoms with van der Waals surface area (Å²) < 4.78 is 25.8. The van der Waals surface area contributed by atoms with Crippen molar-refractivity contribution in [3.8, 4) is 0 Å². The number of hydrogen-bond donors (Lipinski definition) is 2. The van der Waals surface area contributed by atoms with Crippen molar-refractivity contribution < 1.29 is 13.6 Å². The fraction of sp³-hybridized carbons (Fsp3) is 0.636. The zero-order valence-corrected chi connectivity index (χ0v) is 9.38. The molecule has 0 atom stereocenters. The summed E-state index contributed by atoms with van der Waals surface area (Å²) in [6.07, 6.45) is 1.76. The Labute approximate surface area is 97.8 Å². The van der Waals surface area contributed by atoms with E-state index in [0.717, 1.165) is 5.69 Å². The van der Waals surface area contributed by atoms with Gasteiger partial charge in [0.05, 0.1) is 12.2 Å². The maximum absolute atomic E-state index is 12.9. The van der Waals surface area contributed by atoms with Crippen LogP contribution in [0.2, 0.25) is 0 Å². The Kier molecular flexibility index (Phi) is 3.40. The van der Waals surface area contributed by atoms with E-state index in [1.165, 1.54) is 0 Å². The molecule has 4 nitrogen and oxygen atoms in total. The van der Waals surface area contributed by atoms with E-state index in [0.29, 0.717) is 6.54 Å². The maximum Gasteiger partial charge on any atom is 0.248 e. The van der Waals surface area contributed by atoms with Gasteiger partial charge in [-0.3, -0.25) is 9.89 Å². The van der Waals surface area contributed by atoms with Crippen LogP contribution < -0.4 is 5.32 Å². The Morgan fingerprint density at radius 1 is 1.53 bits per heavy atom. The highest BCUT2D eigenvalue weighted by Gasteiger charge is 2.37. The molecule has 1 heterocycles. The van der Waals surface area contributed by atoms with Gasteiger partial charge >= 0.3 is 0 Å². The van der Waals surface area contributed by atoms with Crippen molar-refractivity contribution in [2.75, 3.05) is 0 Å². The number of aromatic nitrogens is 2. The van der Waals surface area contributed by atoms with Crippen LogP contribution in [-0.2, 0) is 11.3 Å². The smallest absolute Gasteiger partial charge is 0.248 e. The van der Waals surface area contributed by atoms with Gasteiger partial charge in [-0.15, -0.1) is 0 Å². The Hall–Kier alpha value is -1.46. The van der Waals surface area contributed by atoms with Gasteiger partial charge < -0.3 is 5.32 Å². The molecule has 1 aliphatic rings. The number of H-pyrrole nitrogens is 1. The van der Waals surface area contributed by atoms with Gasteiger partial charge in [0.2, 0.25) is 11.8 Å².